The highest BCUT2D eigenvalue weighted by Crippen LogP contribution is 2.33. The molecule has 0 aliphatic heterocycles. The second-order valence-corrected chi connectivity index (χ2v) is 6.45. The SMILES string of the molecule is Cc1onc(-c2c(F)cccc2Cl)c1C(=O)NCCNc1ccc([N+](=O)[O-])cc1. The summed E-state index contributed by atoms with van der Waals surface area (Å²) in [7, 11) is 0. The van der Waals surface area contributed by atoms with Crippen LogP contribution in [0.25, 0.3) is 11.3 Å². The molecule has 0 fully saturated rings. The average molecular weight is 419 g/mol. The smallest absolute Gasteiger partial charge is 0.269 e. The summed E-state index contributed by atoms with van der Waals surface area (Å²) in [6.45, 7) is 2.16. The van der Waals surface area contributed by atoms with E-state index in [1.165, 1.54) is 30.3 Å². The molecule has 0 saturated carbocycles. The molecule has 0 aliphatic carbocycles. The van der Waals surface area contributed by atoms with Gasteiger partial charge in [-0.15, -0.1) is 0 Å². The van der Waals surface area contributed by atoms with Gasteiger partial charge in [0.15, 0.2) is 0 Å². The Balaban J connectivity index is 1.64. The topological polar surface area (TPSA) is 110 Å². The summed E-state index contributed by atoms with van der Waals surface area (Å²) < 4.78 is 19.3. The average Bonchev–Trinajstić information content (AvgIpc) is 3.06. The molecule has 10 heteroatoms. The van der Waals surface area contributed by atoms with Gasteiger partial charge in [0.2, 0.25) is 0 Å². The number of benzene rings is 2. The molecular formula is C19H16ClFN4O4. The summed E-state index contributed by atoms with van der Waals surface area (Å²) >= 11 is 6.07. The predicted octanol–water partition coefficient (Wildman–Crippen LogP) is 4.19. The molecule has 3 aromatic rings. The number of amides is 1. The van der Waals surface area contributed by atoms with Crippen LogP contribution in [0.5, 0.6) is 0 Å². The van der Waals surface area contributed by atoms with Gasteiger partial charge in [-0.2, -0.15) is 0 Å². The molecule has 0 unspecified atom stereocenters. The van der Waals surface area contributed by atoms with Crippen molar-refractivity contribution in [1.82, 2.24) is 10.5 Å². The molecule has 3 rings (SSSR count). The lowest BCUT2D eigenvalue weighted by Crippen LogP contribution is -2.29. The van der Waals surface area contributed by atoms with Gasteiger partial charge in [-0.3, -0.25) is 14.9 Å². The number of aromatic nitrogens is 1. The zero-order chi connectivity index (χ0) is 21.0. The molecule has 29 heavy (non-hydrogen) atoms. The Morgan fingerprint density at radius 2 is 1.97 bits per heavy atom. The predicted molar refractivity (Wildman–Crippen MR) is 106 cm³/mol. The fourth-order valence-corrected chi connectivity index (χ4v) is 2.96. The molecule has 8 nitrogen and oxygen atoms in total. The summed E-state index contributed by atoms with van der Waals surface area (Å²) in [5, 5.41) is 20.3. The highest BCUT2D eigenvalue weighted by Gasteiger charge is 2.25. The van der Waals surface area contributed by atoms with Crippen LogP contribution in [0.3, 0.4) is 0 Å². The first-order valence-electron chi connectivity index (χ1n) is 8.55. The molecule has 1 aromatic heterocycles. The quantitative estimate of drug-likeness (QED) is 0.338. The number of halogens is 2. The van der Waals surface area contributed by atoms with Gasteiger partial charge in [-0.05, 0) is 31.2 Å². The van der Waals surface area contributed by atoms with Crippen LogP contribution in [0.4, 0.5) is 15.8 Å². The molecule has 2 aromatic carbocycles. The van der Waals surface area contributed by atoms with Crippen LogP contribution in [0.1, 0.15) is 16.1 Å². The van der Waals surface area contributed by atoms with E-state index < -0.39 is 16.6 Å². The molecular weight excluding hydrogens is 403 g/mol. The number of carbonyl (C=O) groups is 1. The van der Waals surface area contributed by atoms with Crippen LogP contribution >= 0.6 is 11.6 Å². The van der Waals surface area contributed by atoms with E-state index in [2.05, 4.69) is 15.8 Å². The monoisotopic (exact) mass is 418 g/mol. The van der Waals surface area contributed by atoms with Gasteiger partial charge in [0.1, 0.15) is 22.8 Å². The van der Waals surface area contributed by atoms with Crippen LogP contribution in [0.2, 0.25) is 5.02 Å². The van der Waals surface area contributed by atoms with E-state index in [0.717, 1.165) is 0 Å². The number of hydrogen-bond donors (Lipinski definition) is 2. The first-order chi connectivity index (χ1) is 13.9. The fraction of sp³-hybridized carbons (Fsp3) is 0.158. The maximum Gasteiger partial charge on any atom is 0.269 e. The van der Waals surface area contributed by atoms with Crippen LogP contribution in [-0.2, 0) is 0 Å². The molecule has 0 atom stereocenters. The van der Waals surface area contributed by atoms with Crippen molar-refractivity contribution in [3.8, 4) is 11.3 Å². The van der Waals surface area contributed by atoms with Crippen LogP contribution in [0, 0.1) is 22.9 Å². The lowest BCUT2D eigenvalue weighted by atomic mass is 10.0. The Bertz CT molecular complexity index is 1030. The van der Waals surface area contributed by atoms with Crippen LogP contribution < -0.4 is 10.6 Å². The molecule has 0 spiro atoms. The molecule has 1 amide bonds. The number of anilines is 1. The lowest BCUT2D eigenvalue weighted by Gasteiger charge is -2.09. The molecule has 0 bridgehead atoms. The summed E-state index contributed by atoms with van der Waals surface area (Å²) in [4.78, 5) is 22.8. The fourth-order valence-electron chi connectivity index (χ4n) is 2.71. The first kappa shape index (κ1) is 20.3. The van der Waals surface area contributed by atoms with E-state index in [1.807, 2.05) is 0 Å². The third-order valence-electron chi connectivity index (χ3n) is 4.11. The summed E-state index contributed by atoms with van der Waals surface area (Å²) in [6, 6.07) is 10.1. The van der Waals surface area contributed by atoms with Gasteiger partial charge in [-0.25, -0.2) is 4.39 Å². The van der Waals surface area contributed by atoms with Crippen molar-refractivity contribution in [2.24, 2.45) is 0 Å². The van der Waals surface area contributed by atoms with Crippen molar-refractivity contribution in [1.29, 1.82) is 0 Å². The van der Waals surface area contributed by atoms with Crippen molar-refractivity contribution in [2.75, 3.05) is 18.4 Å². The number of aryl methyl sites for hydroxylation is 1. The maximum absolute atomic E-state index is 14.2. The van der Waals surface area contributed by atoms with Crippen molar-refractivity contribution >= 4 is 28.9 Å². The summed E-state index contributed by atoms with van der Waals surface area (Å²) in [6.07, 6.45) is 0. The third-order valence-corrected chi connectivity index (χ3v) is 4.42. The molecule has 150 valence electrons. The van der Waals surface area contributed by atoms with Crippen molar-refractivity contribution in [3.63, 3.8) is 0 Å². The normalized spacial score (nSPS) is 10.6. The van der Waals surface area contributed by atoms with Gasteiger partial charge in [0.25, 0.3) is 11.6 Å². The van der Waals surface area contributed by atoms with Crippen LogP contribution in [-0.4, -0.2) is 29.1 Å². The van der Waals surface area contributed by atoms with Gasteiger partial charge in [-0.1, -0.05) is 22.8 Å². The Morgan fingerprint density at radius 1 is 1.24 bits per heavy atom. The number of carbonyl (C=O) groups excluding carboxylic acids is 1. The zero-order valence-electron chi connectivity index (χ0n) is 15.2. The van der Waals surface area contributed by atoms with Gasteiger partial charge < -0.3 is 15.2 Å². The molecule has 2 N–H and O–H groups in total. The highest BCUT2D eigenvalue weighted by atomic mass is 35.5. The number of hydrogen-bond acceptors (Lipinski definition) is 6. The maximum atomic E-state index is 14.2. The second-order valence-electron chi connectivity index (χ2n) is 6.05. The number of rotatable bonds is 7. The van der Waals surface area contributed by atoms with E-state index in [-0.39, 0.29) is 39.8 Å². The minimum absolute atomic E-state index is 0.000159. The minimum Gasteiger partial charge on any atom is -0.383 e. The van der Waals surface area contributed by atoms with E-state index >= 15 is 0 Å². The van der Waals surface area contributed by atoms with Gasteiger partial charge in [0.05, 0.1) is 15.5 Å². The summed E-state index contributed by atoms with van der Waals surface area (Å²) in [5.41, 5.74) is 0.801. The highest BCUT2D eigenvalue weighted by molar-refractivity contribution is 6.33. The second kappa shape index (κ2) is 8.70. The first-order valence-corrected chi connectivity index (χ1v) is 8.93. The Morgan fingerprint density at radius 3 is 2.62 bits per heavy atom. The van der Waals surface area contributed by atoms with Gasteiger partial charge >= 0.3 is 0 Å². The number of non-ortho nitro benzene ring substituents is 1. The Hall–Kier alpha value is -3.46. The summed E-state index contributed by atoms with van der Waals surface area (Å²) in [5.74, 6) is -0.858. The van der Waals surface area contributed by atoms with E-state index in [4.69, 9.17) is 16.1 Å². The van der Waals surface area contributed by atoms with Crippen molar-refractivity contribution < 1.29 is 18.6 Å². The zero-order valence-corrected chi connectivity index (χ0v) is 16.0. The number of nitrogens with one attached hydrogen (secondary N) is 2. The number of nitrogens with zero attached hydrogens (tertiary/aromatic N) is 2. The van der Waals surface area contributed by atoms with Crippen LogP contribution in [0.15, 0.2) is 47.0 Å². The molecule has 0 radical (unpaired) electrons. The molecule has 1 heterocycles. The number of nitro groups is 1. The van der Waals surface area contributed by atoms with Gasteiger partial charge in [0, 0.05) is 30.9 Å². The minimum atomic E-state index is -0.611. The Kier molecular flexibility index (Phi) is 6.08. The standard InChI is InChI=1S/C19H16ClFN4O4/c1-11-16(18(24-29-11)17-14(20)3-2-4-15(17)21)19(26)23-10-9-22-12-5-7-13(8-6-12)25(27)28/h2-8,22H,9-10H2,1H3,(H,23,26). The lowest BCUT2D eigenvalue weighted by molar-refractivity contribution is -0.384. The largest absolute Gasteiger partial charge is 0.383 e. The molecule has 0 saturated heterocycles. The van der Waals surface area contributed by atoms with E-state index in [9.17, 15) is 19.3 Å². The third kappa shape index (κ3) is 4.52. The van der Waals surface area contributed by atoms with E-state index in [0.29, 0.717) is 12.2 Å². The van der Waals surface area contributed by atoms with Crippen molar-refractivity contribution in [2.45, 2.75) is 6.92 Å². The number of nitro benzene ring substituents is 1. The molecule has 0 aliphatic rings. The van der Waals surface area contributed by atoms with Crippen molar-refractivity contribution in [3.05, 3.63) is 74.7 Å². The Labute approximate surface area is 169 Å². The van der Waals surface area contributed by atoms with E-state index in [1.54, 1.807) is 19.1 Å².